The molecule has 0 aliphatic rings. The summed E-state index contributed by atoms with van der Waals surface area (Å²) in [6, 6.07) is 2.26. The van der Waals surface area contributed by atoms with Gasteiger partial charge in [0.2, 0.25) is 0 Å². The fourth-order valence-electron chi connectivity index (χ4n) is 0.954. The lowest BCUT2D eigenvalue weighted by molar-refractivity contribution is 0.145. The van der Waals surface area contributed by atoms with Crippen LogP contribution in [0.3, 0.4) is 0 Å². The molecular formula is C8H6F2N2O2. The van der Waals surface area contributed by atoms with Crippen LogP contribution in [0.15, 0.2) is 6.07 Å². The molecular weight excluding hydrogens is 194 g/mol. The van der Waals surface area contributed by atoms with E-state index in [4.69, 9.17) is 15.5 Å². The van der Waals surface area contributed by atoms with E-state index in [-0.39, 0.29) is 11.4 Å². The Labute approximate surface area is 78.1 Å². The maximum Gasteiger partial charge on any atom is 0.265 e. The first kappa shape index (κ1) is 10.3. The second-order valence-corrected chi connectivity index (χ2v) is 2.46. The average molecular weight is 200 g/mol. The molecule has 0 atom stereocenters. The van der Waals surface area contributed by atoms with Crippen LogP contribution in [0.2, 0.25) is 0 Å². The van der Waals surface area contributed by atoms with Crippen molar-refractivity contribution < 1.29 is 19.0 Å². The normalized spacial score (nSPS) is 10.2. The molecule has 0 radical (unpaired) electrons. The second kappa shape index (κ2) is 3.98. The van der Waals surface area contributed by atoms with Gasteiger partial charge in [-0.1, -0.05) is 0 Å². The lowest BCUT2D eigenvalue weighted by Crippen LogP contribution is -2.00. The number of aromatic hydroxyl groups is 1. The number of nitrogens with zero attached hydrogens (tertiary/aromatic N) is 2. The fourth-order valence-corrected chi connectivity index (χ4v) is 0.954. The number of alkyl halides is 2. The third-order valence-corrected chi connectivity index (χ3v) is 1.61. The Morgan fingerprint density at radius 1 is 1.57 bits per heavy atom. The van der Waals surface area contributed by atoms with Crippen LogP contribution in [0.4, 0.5) is 8.78 Å². The molecule has 1 aromatic rings. The minimum absolute atomic E-state index is 0.297. The minimum atomic E-state index is -2.84. The van der Waals surface area contributed by atoms with E-state index < -0.39 is 24.3 Å². The van der Waals surface area contributed by atoms with Crippen molar-refractivity contribution in [2.24, 2.45) is 0 Å². The van der Waals surface area contributed by atoms with Crippen LogP contribution < -0.4 is 0 Å². The molecule has 0 spiro atoms. The number of pyridine rings is 1. The summed E-state index contributed by atoms with van der Waals surface area (Å²) in [6.07, 6.45) is -2.84. The van der Waals surface area contributed by atoms with Gasteiger partial charge in [-0.2, -0.15) is 5.26 Å². The van der Waals surface area contributed by atoms with Gasteiger partial charge >= 0.3 is 0 Å². The lowest BCUT2D eigenvalue weighted by Gasteiger charge is -2.06. The second-order valence-electron chi connectivity index (χ2n) is 2.46. The summed E-state index contributed by atoms with van der Waals surface area (Å²) in [6.45, 7) is -0.700. The van der Waals surface area contributed by atoms with Crippen LogP contribution in [0.5, 0.6) is 5.75 Å². The third-order valence-electron chi connectivity index (χ3n) is 1.61. The molecule has 0 aromatic carbocycles. The van der Waals surface area contributed by atoms with E-state index in [0.717, 1.165) is 6.07 Å². The first-order chi connectivity index (χ1) is 6.60. The van der Waals surface area contributed by atoms with E-state index in [0.29, 0.717) is 0 Å². The number of halogens is 2. The number of aliphatic hydroxyl groups is 1. The van der Waals surface area contributed by atoms with Gasteiger partial charge in [0.05, 0.1) is 12.3 Å². The third kappa shape index (κ3) is 1.78. The molecule has 0 fully saturated rings. The van der Waals surface area contributed by atoms with E-state index in [1.807, 2.05) is 0 Å². The van der Waals surface area contributed by atoms with E-state index in [1.165, 1.54) is 6.07 Å². The molecule has 0 aliphatic heterocycles. The summed E-state index contributed by atoms with van der Waals surface area (Å²) in [5.74, 6) is -0.611. The van der Waals surface area contributed by atoms with Crippen LogP contribution in [0, 0.1) is 11.3 Å². The van der Waals surface area contributed by atoms with Crippen LogP contribution in [-0.2, 0) is 6.61 Å². The molecule has 1 rings (SSSR count). The summed E-state index contributed by atoms with van der Waals surface area (Å²) < 4.78 is 24.6. The van der Waals surface area contributed by atoms with Crippen molar-refractivity contribution in [2.45, 2.75) is 13.0 Å². The molecule has 6 heteroatoms. The molecule has 0 bridgehead atoms. The molecule has 2 N–H and O–H groups in total. The molecule has 1 heterocycles. The topological polar surface area (TPSA) is 77.1 Å². The maximum absolute atomic E-state index is 12.3. The van der Waals surface area contributed by atoms with Crippen LogP contribution in [0.25, 0.3) is 0 Å². The molecule has 14 heavy (non-hydrogen) atoms. The lowest BCUT2D eigenvalue weighted by atomic mass is 10.1. The summed E-state index contributed by atoms with van der Waals surface area (Å²) in [5, 5.41) is 26.2. The molecule has 0 aliphatic carbocycles. The standard InChI is InChI=1S/C8H6F2N2O2/c9-8(10)4-1-7(14)5(2-11)12-6(4)3-13/h1,8,13-14H,3H2. The van der Waals surface area contributed by atoms with Crippen molar-refractivity contribution >= 4 is 0 Å². The summed E-state index contributed by atoms with van der Waals surface area (Å²) in [5.41, 5.74) is -1.24. The van der Waals surface area contributed by atoms with Gasteiger partial charge in [-0.05, 0) is 6.07 Å². The van der Waals surface area contributed by atoms with Gasteiger partial charge in [0.1, 0.15) is 6.07 Å². The van der Waals surface area contributed by atoms with E-state index in [9.17, 15) is 8.78 Å². The van der Waals surface area contributed by atoms with E-state index in [2.05, 4.69) is 4.98 Å². The molecule has 0 saturated heterocycles. The van der Waals surface area contributed by atoms with Gasteiger partial charge in [-0.15, -0.1) is 0 Å². The number of hydrogen-bond donors (Lipinski definition) is 2. The number of hydrogen-bond acceptors (Lipinski definition) is 4. The molecule has 1 aromatic heterocycles. The first-order valence-corrected chi connectivity index (χ1v) is 3.62. The van der Waals surface area contributed by atoms with E-state index in [1.54, 1.807) is 0 Å². The van der Waals surface area contributed by atoms with Crippen molar-refractivity contribution in [2.75, 3.05) is 0 Å². The molecule has 0 unspecified atom stereocenters. The van der Waals surface area contributed by atoms with Crippen molar-refractivity contribution in [3.8, 4) is 11.8 Å². The zero-order valence-corrected chi connectivity index (χ0v) is 6.91. The highest BCUT2D eigenvalue weighted by molar-refractivity contribution is 5.41. The Balaban J connectivity index is 3.33. The SMILES string of the molecule is N#Cc1nc(CO)c(C(F)F)cc1O. The molecule has 0 saturated carbocycles. The molecule has 74 valence electrons. The Kier molecular flexibility index (Phi) is 2.94. The number of rotatable bonds is 2. The fraction of sp³-hybridized carbons (Fsp3) is 0.250. The minimum Gasteiger partial charge on any atom is -0.505 e. The van der Waals surface area contributed by atoms with Crippen molar-refractivity contribution in [1.82, 2.24) is 4.98 Å². The summed E-state index contributed by atoms with van der Waals surface area (Å²) >= 11 is 0. The predicted octanol–water partition coefficient (Wildman–Crippen LogP) is 1.09. The van der Waals surface area contributed by atoms with Crippen LogP contribution >= 0.6 is 0 Å². The highest BCUT2D eigenvalue weighted by atomic mass is 19.3. The van der Waals surface area contributed by atoms with Crippen LogP contribution in [-0.4, -0.2) is 15.2 Å². The predicted molar refractivity (Wildman–Crippen MR) is 41.5 cm³/mol. The van der Waals surface area contributed by atoms with Gasteiger partial charge < -0.3 is 10.2 Å². The van der Waals surface area contributed by atoms with Crippen molar-refractivity contribution in [3.05, 3.63) is 23.0 Å². The number of aromatic nitrogens is 1. The zero-order chi connectivity index (χ0) is 10.7. The average Bonchev–Trinajstić information content (AvgIpc) is 2.17. The van der Waals surface area contributed by atoms with E-state index >= 15 is 0 Å². The van der Waals surface area contributed by atoms with Gasteiger partial charge in [0.15, 0.2) is 11.4 Å². The van der Waals surface area contributed by atoms with Crippen molar-refractivity contribution in [3.63, 3.8) is 0 Å². The first-order valence-electron chi connectivity index (χ1n) is 3.62. The highest BCUT2D eigenvalue weighted by Gasteiger charge is 2.17. The maximum atomic E-state index is 12.3. The Morgan fingerprint density at radius 3 is 2.64 bits per heavy atom. The van der Waals surface area contributed by atoms with Crippen LogP contribution in [0.1, 0.15) is 23.4 Å². The Bertz CT molecular complexity index is 388. The quantitative estimate of drug-likeness (QED) is 0.749. The zero-order valence-electron chi connectivity index (χ0n) is 6.91. The monoisotopic (exact) mass is 200 g/mol. The number of aliphatic hydroxyl groups excluding tert-OH is 1. The van der Waals surface area contributed by atoms with Gasteiger partial charge in [0, 0.05) is 5.56 Å². The summed E-state index contributed by atoms with van der Waals surface area (Å²) in [7, 11) is 0. The Morgan fingerprint density at radius 2 is 2.21 bits per heavy atom. The Hall–Kier alpha value is -1.74. The summed E-state index contributed by atoms with van der Waals surface area (Å²) in [4.78, 5) is 3.39. The number of nitriles is 1. The molecule has 0 amide bonds. The molecule has 4 nitrogen and oxygen atoms in total. The van der Waals surface area contributed by atoms with Crippen molar-refractivity contribution in [1.29, 1.82) is 5.26 Å². The van der Waals surface area contributed by atoms with Gasteiger partial charge in [0.25, 0.3) is 6.43 Å². The van der Waals surface area contributed by atoms with Gasteiger partial charge in [-0.3, -0.25) is 0 Å². The largest absolute Gasteiger partial charge is 0.505 e. The van der Waals surface area contributed by atoms with Gasteiger partial charge in [-0.25, -0.2) is 13.8 Å². The highest BCUT2D eigenvalue weighted by Crippen LogP contribution is 2.27. The smallest absolute Gasteiger partial charge is 0.265 e.